The highest BCUT2D eigenvalue weighted by atomic mass is 16.2. The Morgan fingerprint density at radius 1 is 1.11 bits per heavy atom. The number of rotatable bonds is 4. The van der Waals surface area contributed by atoms with E-state index in [9.17, 15) is 4.79 Å². The molecule has 5 heteroatoms. The van der Waals surface area contributed by atoms with Crippen LogP contribution in [-0.2, 0) is 11.3 Å². The summed E-state index contributed by atoms with van der Waals surface area (Å²) in [6.07, 6.45) is 8.93. The summed E-state index contributed by atoms with van der Waals surface area (Å²) in [6, 6.07) is 12.6. The van der Waals surface area contributed by atoms with Gasteiger partial charge in [0.1, 0.15) is 6.54 Å². The molecule has 2 heterocycles. The number of carbonyl (C=O) groups is 1. The predicted molar refractivity (Wildman–Crippen MR) is 107 cm³/mol. The molecule has 0 unspecified atom stereocenters. The van der Waals surface area contributed by atoms with Crippen LogP contribution in [0.2, 0.25) is 0 Å². The number of hydrogen-bond donors (Lipinski definition) is 1. The van der Waals surface area contributed by atoms with Gasteiger partial charge in [-0.05, 0) is 37.0 Å². The number of benzene rings is 1. The van der Waals surface area contributed by atoms with Crippen molar-refractivity contribution in [3.63, 3.8) is 0 Å². The number of nitrogens with one attached hydrogen (secondary N) is 1. The van der Waals surface area contributed by atoms with Crippen molar-refractivity contribution in [3.8, 4) is 11.1 Å². The van der Waals surface area contributed by atoms with Gasteiger partial charge in [0.2, 0.25) is 5.91 Å². The van der Waals surface area contributed by atoms with Gasteiger partial charge in [0.25, 0.3) is 0 Å². The first-order valence-electron chi connectivity index (χ1n) is 9.89. The van der Waals surface area contributed by atoms with Gasteiger partial charge in [-0.15, -0.1) is 0 Å². The lowest BCUT2D eigenvalue weighted by molar-refractivity contribution is -0.122. The summed E-state index contributed by atoms with van der Waals surface area (Å²) in [6.45, 7) is 2.20. The van der Waals surface area contributed by atoms with E-state index in [-0.39, 0.29) is 12.5 Å². The van der Waals surface area contributed by atoms with Crippen LogP contribution in [0.1, 0.15) is 44.2 Å². The Bertz CT molecular complexity index is 924. The molecule has 4 rings (SSSR count). The predicted octanol–water partition coefficient (Wildman–Crippen LogP) is 4.25. The summed E-state index contributed by atoms with van der Waals surface area (Å²) in [7, 11) is 0. The molecule has 1 amide bonds. The second-order valence-electron chi connectivity index (χ2n) is 7.42. The molecule has 27 heavy (non-hydrogen) atoms. The van der Waals surface area contributed by atoms with Crippen LogP contribution in [0.25, 0.3) is 22.2 Å². The molecule has 5 nitrogen and oxygen atoms in total. The van der Waals surface area contributed by atoms with Crippen LogP contribution in [0.15, 0.2) is 42.6 Å². The van der Waals surface area contributed by atoms with Gasteiger partial charge in [-0.3, -0.25) is 4.79 Å². The first-order valence-corrected chi connectivity index (χ1v) is 9.89. The maximum absolute atomic E-state index is 12.6. The summed E-state index contributed by atoms with van der Waals surface area (Å²) in [4.78, 5) is 17.1. The molecule has 140 valence electrons. The highest BCUT2D eigenvalue weighted by Gasteiger charge is 2.18. The maximum Gasteiger partial charge on any atom is 0.242 e. The number of fused-ring (bicyclic) bond motifs is 1. The van der Waals surface area contributed by atoms with Gasteiger partial charge in [-0.25, -0.2) is 9.67 Å². The fourth-order valence-electron chi connectivity index (χ4n) is 4.08. The van der Waals surface area contributed by atoms with Crippen LogP contribution in [0, 0.1) is 6.92 Å². The van der Waals surface area contributed by atoms with Crippen molar-refractivity contribution < 1.29 is 4.79 Å². The topological polar surface area (TPSA) is 59.8 Å². The molecule has 0 aliphatic heterocycles. The van der Waals surface area contributed by atoms with Crippen LogP contribution in [0.3, 0.4) is 0 Å². The largest absolute Gasteiger partial charge is 0.352 e. The minimum atomic E-state index is 0.0261. The van der Waals surface area contributed by atoms with Crippen molar-refractivity contribution in [1.29, 1.82) is 0 Å². The van der Waals surface area contributed by atoms with Gasteiger partial charge in [0, 0.05) is 17.6 Å². The lowest BCUT2D eigenvalue weighted by Gasteiger charge is -2.16. The number of amides is 1. The Kier molecular flexibility index (Phi) is 5.19. The third kappa shape index (κ3) is 3.87. The molecule has 1 aromatic carbocycles. The molecule has 1 aliphatic rings. The lowest BCUT2D eigenvalue weighted by atomic mass is 10.0. The average molecular weight is 362 g/mol. The van der Waals surface area contributed by atoms with Crippen molar-refractivity contribution >= 4 is 16.9 Å². The molecule has 1 saturated carbocycles. The third-order valence-corrected chi connectivity index (χ3v) is 5.41. The summed E-state index contributed by atoms with van der Waals surface area (Å²) < 4.78 is 1.74. The summed E-state index contributed by atoms with van der Waals surface area (Å²) in [5.74, 6) is 0.0261. The SMILES string of the molecule is Cc1nn(CC(=O)NC2CCCCCC2)c2nccc(-c3ccccc3)c12. The number of nitrogens with zero attached hydrogens (tertiary/aromatic N) is 3. The van der Waals surface area contributed by atoms with Crippen LogP contribution in [0.5, 0.6) is 0 Å². The zero-order valence-electron chi connectivity index (χ0n) is 15.8. The molecular formula is C22H26N4O. The minimum absolute atomic E-state index is 0.0261. The Labute approximate surface area is 159 Å². The molecule has 1 aliphatic carbocycles. The van der Waals surface area contributed by atoms with Crippen molar-refractivity contribution in [1.82, 2.24) is 20.1 Å². The number of pyridine rings is 1. The molecule has 0 spiro atoms. The number of hydrogen-bond acceptors (Lipinski definition) is 3. The molecule has 1 fully saturated rings. The van der Waals surface area contributed by atoms with Crippen molar-refractivity contribution in [2.75, 3.05) is 0 Å². The van der Waals surface area contributed by atoms with Crippen molar-refractivity contribution in [2.45, 2.75) is 58.0 Å². The molecule has 0 radical (unpaired) electrons. The standard InChI is InChI=1S/C22H26N4O/c1-16-21-19(17-9-5-4-6-10-17)13-14-23-22(21)26(25-16)15-20(27)24-18-11-7-2-3-8-12-18/h4-6,9-10,13-14,18H,2-3,7-8,11-12,15H2,1H3,(H,24,27). The van der Waals surface area contributed by atoms with E-state index in [4.69, 9.17) is 0 Å². The van der Waals surface area contributed by atoms with E-state index in [1.807, 2.05) is 31.2 Å². The van der Waals surface area contributed by atoms with Crippen LogP contribution in [-0.4, -0.2) is 26.7 Å². The number of carbonyl (C=O) groups excluding carboxylic acids is 1. The summed E-state index contributed by atoms with van der Waals surface area (Å²) in [5, 5.41) is 8.84. The average Bonchev–Trinajstić information content (AvgIpc) is 2.85. The molecule has 2 aromatic heterocycles. The molecule has 0 saturated heterocycles. The van der Waals surface area contributed by atoms with Crippen LogP contribution in [0.4, 0.5) is 0 Å². The van der Waals surface area contributed by atoms with E-state index in [0.717, 1.165) is 40.7 Å². The second-order valence-corrected chi connectivity index (χ2v) is 7.42. The number of aryl methyl sites for hydroxylation is 1. The lowest BCUT2D eigenvalue weighted by Crippen LogP contribution is -2.36. The molecule has 3 aromatic rings. The fraction of sp³-hybridized carbons (Fsp3) is 0.409. The van der Waals surface area contributed by atoms with Crippen molar-refractivity contribution in [2.24, 2.45) is 0 Å². The zero-order valence-corrected chi connectivity index (χ0v) is 15.8. The summed E-state index contributed by atoms with van der Waals surface area (Å²) >= 11 is 0. The van der Waals surface area contributed by atoms with E-state index in [0.29, 0.717) is 6.04 Å². The maximum atomic E-state index is 12.6. The van der Waals surface area contributed by atoms with E-state index >= 15 is 0 Å². The Morgan fingerprint density at radius 2 is 1.85 bits per heavy atom. The molecular weight excluding hydrogens is 336 g/mol. The summed E-state index contributed by atoms with van der Waals surface area (Å²) in [5.41, 5.74) is 3.91. The second kappa shape index (κ2) is 7.91. The van der Waals surface area contributed by atoms with Gasteiger partial charge in [-0.1, -0.05) is 56.0 Å². The van der Waals surface area contributed by atoms with Gasteiger partial charge in [0.05, 0.1) is 5.69 Å². The van der Waals surface area contributed by atoms with Crippen LogP contribution >= 0.6 is 0 Å². The van der Waals surface area contributed by atoms with Gasteiger partial charge >= 0.3 is 0 Å². The highest BCUT2D eigenvalue weighted by Crippen LogP contribution is 2.29. The fourth-order valence-corrected chi connectivity index (χ4v) is 4.08. The monoisotopic (exact) mass is 362 g/mol. The smallest absolute Gasteiger partial charge is 0.242 e. The highest BCUT2D eigenvalue weighted by molar-refractivity contribution is 5.95. The Balaban J connectivity index is 1.59. The van der Waals surface area contributed by atoms with E-state index in [1.54, 1.807) is 10.9 Å². The normalized spacial score (nSPS) is 15.6. The van der Waals surface area contributed by atoms with Crippen LogP contribution < -0.4 is 5.32 Å². The minimum Gasteiger partial charge on any atom is -0.352 e. The van der Waals surface area contributed by atoms with E-state index < -0.39 is 0 Å². The Morgan fingerprint density at radius 3 is 2.59 bits per heavy atom. The molecule has 0 bridgehead atoms. The third-order valence-electron chi connectivity index (χ3n) is 5.41. The van der Waals surface area contributed by atoms with Gasteiger partial charge in [0.15, 0.2) is 5.65 Å². The van der Waals surface area contributed by atoms with Gasteiger partial charge in [-0.2, -0.15) is 5.10 Å². The first kappa shape index (κ1) is 17.7. The van der Waals surface area contributed by atoms with E-state index in [2.05, 4.69) is 27.5 Å². The molecule has 0 atom stereocenters. The quantitative estimate of drug-likeness (QED) is 0.706. The Hall–Kier alpha value is -2.69. The molecule has 1 N–H and O–H groups in total. The van der Waals surface area contributed by atoms with Gasteiger partial charge < -0.3 is 5.32 Å². The number of aromatic nitrogens is 3. The van der Waals surface area contributed by atoms with E-state index in [1.165, 1.54) is 25.7 Å². The van der Waals surface area contributed by atoms with Crippen molar-refractivity contribution in [3.05, 3.63) is 48.3 Å². The first-order chi connectivity index (χ1) is 13.2. The zero-order chi connectivity index (χ0) is 18.6.